The van der Waals surface area contributed by atoms with Gasteiger partial charge in [-0.3, -0.25) is 4.57 Å². The van der Waals surface area contributed by atoms with Gasteiger partial charge in [0.2, 0.25) is 10.0 Å². The molecule has 1 saturated heterocycles. The lowest BCUT2D eigenvalue weighted by molar-refractivity contribution is 0.182. The minimum Gasteiger partial charge on any atom is -0.383 e. The number of aryl methyl sites for hydroxylation is 2. The second kappa shape index (κ2) is 8.81. The fourth-order valence-corrected chi connectivity index (χ4v) is 5.64. The third-order valence-corrected chi connectivity index (χ3v) is 7.60. The average Bonchev–Trinajstić information content (AvgIpc) is 3.01. The number of hydrogen-bond acceptors (Lipinski definition) is 5. The van der Waals surface area contributed by atoms with E-state index in [2.05, 4.69) is 5.10 Å². The zero-order chi connectivity index (χ0) is 21.2. The third kappa shape index (κ3) is 4.31. The van der Waals surface area contributed by atoms with Crippen LogP contribution in [0.1, 0.15) is 42.6 Å². The molecule has 0 saturated carbocycles. The molecule has 0 aliphatic carbocycles. The molecule has 1 aliphatic heterocycles. The van der Waals surface area contributed by atoms with Crippen molar-refractivity contribution in [2.75, 3.05) is 26.8 Å². The molecule has 1 aliphatic rings. The topological polar surface area (TPSA) is 86.4 Å². The Balaban J connectivity index is 1.78. The van der Waals surface area contributed by atoms with Crippen LogP contribution in [-0.2, 0) is 27.8 Å². The molecule has 0 atom stereocenters. The molecule has 1 fully saturated rings. The molecule has 3 rings (SSSR count). The van der Waals surface area contributed by atoms with Crippen LogP contribution < -0.4 is 5.69 Å². The van der Waals surface area contributed by atoms with Crippen LogP contribution in [0.3, 0.4) is 0 Å². The summed E-state index contributed by atoms with van der Waals surface area (Å²) in [4.78, 5) is 12.9. The maximum absolute atomic E-state index is 13.1. The molecule has 1 aromatic carbocycles. The van der Waals surface area contributed by atoms with Gasteiger partial charge in [0.1, 0.15) is 5.82 Å². The minimum absolute atomic E-state index is 0.0667. The molecular weight excluding hydrogens is 392 g/mol. The Labute approximate surface area is 172 Å². The molecule has 0 spiro atoms. The largest absolute Gasteiger partial charge is 0.383 e. The summed E-state index contributed by atoms with van der Waals surface area (Å²) in [6, 6.07) is 5.42. The van der Waals surface area contributed by atoms with Gasteiger partial charge in [-0.1, -0.05) is 17.7 Å². The summed E-state index contributed by atoms with van der Waals surface area (Å²) >= 11 is 0. The van der Waals surface area contributed by atoms with Crippen LogP contribution in [0.25, 0.3) is 0 Å². The molecular formula is C20H30N4O4S. The van der Waals surface area contributed by atoms with E-state index in [9.17, 15) is 13.2 Å². The van der Waals surface area contributed by atoms with Crippen molar-refractivity contribution in [3.05, 3.63) is 45.6 Å². The van der Waals surface area contributed by atoms with E-state index in [1.54, 1.807) is 22.0 Å². The lowest BCUT2D eigenvalue weighted by Gasteiger charge is -2.31. The van der Waals surface area contributed by atoms with Crippen LogP contribution in [0.4, 0.5) is 0 Å². The zero-order valence-corrected chi connectivity index (χ0v) is 18.4. The van der Waals surface area contributed by atoms with Crippen molar-refractivity contribution in [3.8, 4) is 0 Å². The number of nitrogens with zero attached hydrogens (tertiary/aromatic N) is 4. The maximum atomic E-state index is 13.1. The predicted octanol–water partition coefficient (Wildman–Crippen LogP) is 1.90. The van der Waals surface area contributed by atoms with Crippen LogP contribution in [-0.4, -0.2) is 53.9 Å². The van der Waals surface area contributed by atoms with Crippen molar-refractivity contribution < 1.29 is 13.2 Å². The van der Waals surface area contributed by atoms with Crippen molar-refractivity contribution >= 4 is 10.0 Å². The normalized spacial score (nSPS) is 16.4. The van der Waals surface area contributed by atoms with E-state index in [4.69, 9.17) is 4.74 Å². The number of methoxy groups -OCH3 is 1. The number of piperidine rings is 1. The second-order valence-electron chi connectivity index (χ2n) is 7.55. The summed E-state index contributed by atoms with van der Waals surface area (Å²) in [5.74, 6) is 0.814. The highest BCUT2D eigenvalue weighted by Crippen LogP contribution is 2.30. The van der Waals surface area contributed by atoms with Crippen molar-refractivity contribution in [3.63, 3.8) is 0 Å². The Morgan fingerprint density at radius 3 is 2.48 bits per heavy atom. The molecule has 8 nitrogen and oxygen atoms in total. The van der Waals surface area contributed by atoms with Crippen LogP contribution in [0.15, 0.2) is 27.9 Å². The second-order valence-corrected chi connectivity index (χ2v) is 9.45. The standard InChI is InChI=1S/C20H30N4O4S/c1-5-23-19(21-24(20(23)25)12-13-28-4)17-8-10-22(11-9-17)29(26,27)18-7-6-15(2)14-16(18)3/h6-7,14,17H,5,8-13H2,1-4H3. The van der Waals surface area contributed by atoms with Crippen molar-refractivity contribution in [1.82, 2.24) is 18.7 Å². The van der Waals surface area contributed by atoms with Gasteiger partial charge in [-0.05, 0) is 45.2 Å². The lowest BCUT2D eigenvalue weighted by atomic mass is 9.97. The summed E-state index contributed by atoms with van der Waals surface area (Å²) in [6.07, 6.45) is 1.29. The van der Waals surface area contributed by atoms with Gasteiger partial charge in [-0.15, -0.1) is 0 Å². The van der Waals surface area contributed by atoms with E-state index < -0.39 is 10.0 Å². The monoisotopic (exact) mass is 422 g/mol. The van der Waals surface area contributed by atoms with E-state index in [-0.39, 0.29) is 11.6 Å². The van der Waals surface area contributed by atoms with Crippen molar-refractivity contribution in [2.24, 2.45) is 0 Å². The molecule has 0 N–H and O–H groups in total. The molecule has 1 aromatic heterocycles. The highest BCUT2D eigenvalue weighted by molar-refractivity contribution is 7.89. The van der Waals surface area contributed by atoms with Gasteiger partial charge in [0, 0.05) is 32.7 Å². The smallest absolute Gasteiger partial charge is 0.345 e. The van der Waals surface area contributed by atoms with Crippen LogP contribution in [0.5, 0.6) is 0 Å². The first-order valence-electron chi connectivity index (χ1n) is 10.0. The van der Waals surface area contributed by atoms with Gasteiger partial charge in [0.15, 0.2) is 0 Å². The Morgan fingerprint density at radius 1 is 1.21 bits per heavy atom. The molecule has 0 radical (unpaired) electrons. The Kier molecular flexibility index (Phi) is 6.60. The summed E-state index contributed by atoms with van der Waals surface area (Å²) in [5.41, 5.74) is 1.68. The summed E-state index contributed by atoms with van der Waals surface area (Å²) in [6.45, 7) is 7.93. The molecule has 0 amide bonds. The summed E-state index contributed by atoms with van der Waals surface area (Å²) in [5, 5.41) is 4.53. The molecule has 2 heterocycles. The summed E-state index contributed by atoms with van der Waals surface area (Å²) in [7, 11) is -1.93. The van der Waals surface area contributed by atoms with E-state index in [0.29, 0.717) is 50.5 Å². The van der Waals surface area contributed by atoms with E-state index >= 15 is 0 Å². The van der Waals surface area contributed by atoms with Crippen molar-refractivity contribution in [1.29, 1.82) is 0 Å². The Hall–Kier alpha value is -1.97. The quantitative estimate of drug-likeness (QED) is 0.680. The van der Waals surface area contributed by atoms with Gasteiger partial charge >= 0.3 is 5.69 Å². The van der Waals surface area contributed by atoms with Gasteiger partial charge in [-0.25, -0.2) is 17.9 Å². The highest BCUT2D eigenvalue weighted by Gasteiger charge is 2.33. The summed E-state index contributed by atoms with van der Waals surface area (Å²) < 4.78 is 35.9. The molecule has 0 bridgehead atoms. The number of benzene rings is 1. The van der Waals surface area contributed by atoms with Gasteiger partial charge < -0.3 is 4.74 Å². The number of rotatable bonds is 7. The molecule has 9 heteroatoms. The highest BCUT2D eigenvalue weighted by atomic mass is 32.2. The van der Waals surface area contributed by atoms with Crippen LogP contribution >= 0.6 is 0 Å². The maximum Gasteiger partial charge on any atom is 0.345 e. The van der Waals surface area contributed by atoms with Gasteiger partial charge in [0.25, 0.3) is 0 Å². The zero-order valence-electron chi connectivity index (χ0n) is 17.6. The molecule has 2 aromatic rings. The van der Waals surface area contributed by atoms with Crippen LogP contribution in [0, 0.1) is 13.8 Å². The average molecular weight is 423 g/mol. The van der Waals surface area contributed by atoms with Gasteiger partial charge in [-0.2, -0.15) is 9.40 Å². The fraction of sp³-hybridized carbons (Fsp3) is 0.600. The number of ether oxygens (including phenoxy) is 1. The Morgan fingerprint density at radius 2 is 1.90 bits per heavy atom. The SMILES string of the molecule is CCn1c(C2CCN(S(=O)(=O)c3ccc(C)cc3C)CC2)nn(CCOC)c1=O. The first kappa shape index (κ1) is 21.7. The van der Waals surface area contributed by atoms with E-state index in [1.807, 2.05) is 32.9 Å². The van der Waals surface area contributed by atoms with Crippen LogP contribution in [0.2, 0.25) is 0 Å². The number of aromatic nitrogens is 3. The molecule has 0 unspecified atom stereocenters. The predicted molar refractivity (Wildman–Crippen MR) is 111 cm³/mol. The lowest BCUT2D eigenvalue weighted by Crippen LogP contribution is -2.38. The fourth-order valence-electron chi connectivity index (χ4n) is 3.96. The molecule has 29 heavy (non-hydrogen) atoms. The van der Waals surface area contributed by atoms with E-state index in [1.165, 1.54) is 4.68 Å². The Bertz CT molecular complexity index is 1020. The first-order valence-corrected chi connectivity index (χ1v) is 11.5. The third-order valence-electron chi connectivity index (χ3n) is 5.54. The van der Waals surface area contributed by atoms with Gasteiger partial charge in [0.05, 0.1) is 18.0 Å². The van der Waals surface area contributed by atoms with Crippen molar-refractivity contribution in [2.45, 2.75) is 57.5 Å². The number of sulfonamides is 1. The minimum atomic E-state index is -3.52. The first-order chi connectivity index (χ1) is 13.8. The molecule has 160 valence electrons. The number of hydrogen-bond donors (Lipinski definition) is 0. The van der Waals surface area contributed by atoms with E-state index in [0.717, 1.165) is 17.0 Å².